The van der Waals surface area contributed by atoms with Gasteiger partial charge in [-0.2, -0.15) is 0 Å². The topological polar surface area (TPSA) is 18.8 Å². The van der Waals surface area contributed by atoms with Crippen LogP contribution >= 0.6 is 23.2 Å². The fraction of sp³-hybridized carbons (Fsp3) is 0.667. The molecule has 0 aromatic carbocycles. The Hall–Kier alpha value is -0.410. The van der Waals surface area contributed by atoms with E-state index in [1.54, 1.807) is 0 Å². The van der Waals surface area contributed by atoms with Gasteiger partial charge in [0.25, 0.3) is 0 Å². The van der Waals surface area contributed by atoms with Crippen LogP contribution < -0.4 is 0 Å². The lowest BCUT2D eigenvalue weighted by Gasteiger charge is -2.28. The monoisotopic (exact) mass is 231 g/mol. The van der Waals surface area contributed by atoms with E-state index in [0.29, 0.717) is 11.2 Å². The summed E-state index contributed by atoms with van der Waals surface area (Å²) in [5, 5.41) is 0.517. The molecule has 3 heterocycles. The Balaban J connectivity index is 1.96. The highest BCUT2D eigenvalue weighted by molar-refractivity contribution is 6.68. The molecule has 0 bridgehead atoms. The maximum Gasteiger partial charge on any atom is 0.200 e. The summed E-state index contributed by atoms with van der Waals surface area (Å²) in [4.78, 5) is 8.64. The molecule has 3 aliphatic heterocycles. The van der Waals surface area contributed by atoms with Crippen molar-refractivity contribution < 1.29 is 0 Å². The Bertz CT molecular complexity index is 322. The molecular formula is C9H11Cl2N3. The van der Waals surface area contributed by atoms with E-state index in [1.807, 2.05) is 6.08 Å². The second kappa shape index (κ2) is 3.04. The second-order valence-electron chi connectivity index (χ2n) is 3.91. The Kier molecular flexibility index (Phi) is 1.92. The van der Waals surface area contributed by atoms with Crippen molar-refractivity contribution in [1.29, 1.82) is 0 Å². The summed E-state index contributed by atoms with van der Waals surface area (Å²) in [7, 11) is 0. The van der Waals surface area contributed by atoms with E-state index < -0.39 is 0 Å². The molecule has 0 radical (unpaired) electrons. The third-order valence-electron chi connectivity index (χ3n) is 3.11. The van der Waals surface area contributed by atoms with Gasteiger partial charge in [0, 0.05) is 25.2 Å². The molecule has 5 heteroatoms. The molecule has 76 valence electrons. The minimum Gasteiger partial charge on any atom is -0.353 e. The van der Waals surface area contributed by atoms with Crippen molar-refractivity contribution in [3.63, 3.8) is 0 Å². The number of aliphatic imine (C=N–C) groups is 1. The average Bonchev–Trinajstić information content (AvgIpc) is 2.65. The van der Waals surface area contributed by atoms with E-state index in [-0.39, 0.29) is 5.62 Å². The first-order chi connectivity index (χ1) is 6.75. The van der Waals surface area contributed by atoms with Crippen molar-refractivity contribution in [2.24, 2.45) is 4.99 Å². The van der Waals surface area contributed by atoms with Gasteiger partial charge in [-0.05, 0) is 12.8 Å². The number of hydrogen-bond donors (Lipinski definition) is 0. The third kappa shape index (κ3) is 1.15. The smallest absolute Gasteiger partial charge is 0.200 e. The lowest BCUT2D eigenvalue weighted by atomic mass is 10.2. The number of alkyl halides is 1. The first kappa shape index (κ1) is 8.86. The van der Waals surface area contributed by atoms with E-state index >= 15 is 0 Å². The highest BCUT2D eigenvalue weighted by Gasteiger charge is 2.40. The van der Waals surface area contributed by atoms with Crippen LogP contribution in [0, 0.1) is 0 Å². The van der Waals surface area contributed by atoms with Crippen molar-refractivity contribution in [2.75, 3.05) is 13.1 Å². The van der Waals surface area contributed by atoms with Gasteiger partial charge in [-0.1, -0.05) is 23.2 Å². The quantitative estimate of drug-likeness (QED) is 0.468. The van der Waals surface area contributed by atoms with Gasteiger partial charge < -0.3 is 9.80 Å². The Morgan fingerprint density at radius 2 is 2.29 bits per heavy atom. The number of fused-ring (bicyclic) bond motifs is 3. The van der Waals surface area contributed by atoms with E-state index in [0.717, 1.165) is 18.9 Å². The molecule has 0 saturated carbocycles. The molecule has 0 amide bonds. The normalized spacial score (nSPS) is 35.3. The highest BCUT2D eigenvalue weighted by atomic mass is 35.5. The van der Waals surface area contributed by atoms with Crippen LogP contribution in [0.3, 0.4) is 0 Å². The molecule has 0 aliphatic carbocycles. The Morgan fingerprint density at radius 1 is 1.43 bits per heavy atom. The highest BCUT2D eigenvalue weighted by Crippen LogP contribution is 2.36. The predicted octanol–water partition coefficient (Wildman–Crippen LogP) is 1.78. The van der Waals surface area contributed by atoms with Gasteiger partial charge in [0.05, 0.1) is 0 Å². The molecule has 3 nitrogen and oxygen atoms in total. The maximum atomic E-state index is 6.11. The van der Waals surface area contributed by atoms with Crippen molar-refractivity contribution >= 4 is 28.4 Å². The van der Waals surface area contributed by atoms with Gasteiger partial charge >= 0.3 is 0 Å². The lowest BCUT2D eigenvalue weighted by molar-refractivity contribution is 0.327. The number of rotatable bonds is 0. The van der Waals surface area contributed by atoms with E-state index in [2.05, 4.69) is 14.8 Å². The van der Waals surface area contributed by atoms with Gasteiger partial charge in [-0.25, -0.2) is 4.99 Å². The van der Waals surface area contributed by atoms with Gasteiger partial charge in [-0.3, -0.25) is 0 Å². The minimum absolute atomic E-state index is 0.312. The summed E-state index contributed by atoms with van der Waals surface area (Å²) in [5.74, 6) is 1.16. The van der Waals surface area contributed by atoms with Crippen LogP contribution in [0.1, 0.15) is 12.8 Å². The van der Waals surface area contributed by atoms with E-state index in [9.17, 15) is 0 Å². The molecule has 0 spiro atoms. The zero-order chi connectivity index (χ0) is 9.71. The molecule has 3 rings (SSSR count). The second-order valence-corrected chi connectivity index (χ2v) is 4.68. The van der Waals surface area contributed by atoms with Gasteiger partial charge in [0.2, 0.25) is 5.62 Å². The summed E-state index contributed by atoms with van der Waals surface area (Å²) in [6.45, 7) is 2.12. The first-order valence-corrected chi connectivity index (χ1v) is 5.69. The van der Waals surface area contributed by atoms with Gasteiger partial charge in [0.15, 0.2) is 0 Å². The van der Waals surface area contributed by atoms with Crippen LogP contribution in [-0.4, -0.2) is 39.7 Å². The molecule has 0 aromatic rings. The number of hydrogen-bond acceptors (Lipinski definition) is 3. The largest absolute Gasteiger partial charge is 0.353 e. The van der Waals surface area contributed by atoms with Crippen LogP contribution in [0.4, 0.5) is 0 Å². The first-order valence-electron chi connectivity index (χ1n) is 4.88. The average molecular weight is 232 g/mol. The Labute approximate surface area is 93.0 Å². The lowest BCUT2D eigenvalue weighted by Crippen LogP contribution is -2.32. The zero-order valence-electron chi connectivity index (χ0n) is 7.66. The fourth-order valence-electron chi connectivity index (χ4n) is 2.49. The van der Waals surface area contributed by atoms with Crippen LogP contribution in [0.5, 0.6) is 0 Å². The van der Waals surface area contributed by atoms with Crippen molar-refractivity contribution in [1.82, 2.24) is 9.80 Å². The number of allylic oxidation sites excluding steroid dienone is 1. The fourth-order valence-corrected chi connectivity index (χ4v) is 3.01. The molecule has 2 fully saturated rings. The van der Waals surface area contributed by atoms with Gasteiger partial charge in [-0.15, -0.1) is 0 Å². The van der Waals surface area contributed by atoms with Crippen LogP contribution in [-0.2, 0) is 0 Å². The van der Waals surface area contributed by atoms with E-state index in [4.69, 9.17) is 23.2 Å². The molecule has 2 unspecified atom stereocenters. The van der Waals surface area contributed by atoms with Gasteiger partial charge in [0.1, 0.15) is 11.0 Å². The summed E-state index contributed by atoms with van der Waals surface area (Å²) in [5.41, 5.74) is -0.312. The summed E-state index contributed by atoms with van der Waals surface area (Å²) < 4.78 is 0. The minimum atomic E-state index is -0.312. The molecule has 14 heavy (non-hydrogen) atoms. The summed E-state index contributed by atoms with van der Waals surface area (Å²) in [6, 6.07) is 0.625. The predicted molar refractivity (Wildman–Crippen MR) is 57.4 cm³/mol. The summed E-state index contributed by atoms with van der Waals surface area (Å²) in [6.07, 6.45) is 4.46. The van der Waals surface area contributed by atoms with Crippen molar-refractivity contribution in [3.05, 3.63) is 11.9 Å². The van der Waals surface area contributed by atoms with Crippen LogP contribution in [0.25, 0.3) is 0 Å². The SMILES string of the molecule is ClC1=NC(Cl)N2CC3CCCN3C2=C1. The van der Waals surface area contributed by atoms with Crippen LogP contribution in [0.2, 0.25) is 0 Å². The van der Waals surface area contributed by atoms with Crippen LogP contribution in [0.15, 0.2) is 16.9 Å². The molecule has 0 N–H and O–H groups in total. The van der Waals surface area contributed by atoms with E-state index in [1.165, 1.54) is 12.8 Å². The van der Waals surface area contributed by atoms with Crippen molar-refractivity contribution in [3.8, 4) is 0 Å². The number of nitrogens with zero attached hydrogens (tertiary/aromatic N) is 3. The standard InChI is InChI=1S/C9H11Cl2N3/c10-7-4-8-13-3-1-2-6(13)5-14(8)9(11)12-7/h4,6,9H,1-3,5H2. The molecular weight excluding hydrogens is 221 g/mol. The third-order valence-corrected chi connectivity index (χ3v) is 3.65. The van der Waals surface area contributed by atoms with Crippen molar-refractivity contribution in [2.45, 2.75) is 24.5 Å². The molecule has 2 saturated heterocycles. The maximum absolute atomic E-state index is 6.11. The Morgan fingerprint density at radius 3 is 3.14 bits per heavy atom. The molecule has 2 atom stereocenters. The molecule has 3 aliphatic rings. The summed E-state index contributed by atoms with van der Waals surface area (Å²) >= 11 is 12.0. The molecule has 0 aromatic heterocycles. The zero-order valence-corrected chi connectivity index (χ0v) is 9.17. The number of halogens is 2.